The van der Waals surface area contributed by atoms with Gasteiger partial charge < -0.3 is 10.2 Å². The molecule has 0 saturated heterocycles. The summed E-state index contributed by atoms with van der Waals surface area (Å²) in [6, 6.07) is 6.91. The fourth-order valence-corrected chi connectivity index (χ4v) is 2.21. The van der Waals surface area contributed by atoms with Crippen LogP contribution in [0.3, 0.4) is 0 Å². The van der Waals surface area contributed by atoms with Crippen molar-refractivity contribution in [3.63, 3.8) is 0 Å². The van der Waals surface area contributed by atoms with Crippen molar-refractivity contribution in [3.8, 4) is 0 Å². The van der Waals surface area contributed by atoms with E-state index in [1.807, 2.05) is 33.3 Å². The first kappa shape index (κ1) is 14.7. The molecule has 2 aromatic rings. The van der Waals surface area contributed by atoms with Crippen LogP contribution >= 0.6 is 0 Å². The van der Waals surface area contributed by atoms with Gasteiger partial charge in [0.1, 0.15) is 5.82 Å². The van der Waals surface area contributed by atoms with E-state index in [0.717, 1.165) is 29.9 Å². The van der Waals surface area contributed by atoms with E-state index in [2.05, 4.69) is 20.4 Å². The van der Waals surface area contributed by atoms with E-state index >= 15 is 0 Å². The standard InChI is InChI=1S/C15H21FN4/c1-11-13(9-18-19-11)8-17-10-15(20(2)3)12-5-4-6-14(16)7-12/h4-7,9,15,17H,8,10H2,1-3H3,(H,18,19)/t15-/m1/s1. The number of halogens is 1. The number of benzene rings is 1. The second-order valence-corrected chi connectivity index (χ2v) is 5.19. The molecule has 0 fully saturated rings. The zero-order chi connectivity index (χ0) is 14.5. The molecule has 0 spiro atoms. The molecule has 2 rings (SSSR count). The van der Waals surface area contributed by atoms with Gasteiger partial charge in [0.2, 0.25) is 0 Å². The summed E-state index contributed by atoms with van der Waals surface area (Å²) in [6.07, 6.45) is 1.83. The lowest BCUT2D eigenvalue weighted by Gasteiger charge is -2.25. The normalized spacial score (nSPS) is 12.8. The molecule has 1 atom stereocenters. The molecular weight excluding hydrogens is 255 g/mol. The molecule has 1 aromatic heterocycles. The van der Waals surface area contributed by atoms with Crippen LogP contribution in [0.15, 0.2) is 30.5 Å². The van der Waals surface area contributed by atoms with Crippen LogP contribution in [0.4, 0.5) is 4.39 Å². The van der Waals surface area contributed by atoms with Crippen molar-refractivity contribution in [3.05, 3.63) is 53.1 Å². The molecule has 2 N–H and O–H groups in total. The summed E-state index contributed by atoms with van der Waals surface area (Å²) in [5, 5.41) is 10.3. The smallest absolute Gasteiger partial charge is 0.123 e. The van der Waals surface area contributed by atoms with Crippen LogP contribution in [0, 0.1) is 12.7 Å². The van der Waals surface area contributed by atoms with Gasteiger partial charge in [0, 0.05) is 30.4 Å². The minimum Gasteiger partial charge on any atom is -0.311 e. The van der Waals surface area contributed by atoms with Crippen molar-refractivity contribution in [1.82, 2.24) is 20.4 Å². The number of hydrogen-bond donors (Lipinski definition) is 2. The van der Waals surface area contributed by atoms with Crippen molar-refractivity contribution in [2.75, 3.05) is 20.6 Å². The zero-order valence-corrected chi connectivity index (χ0v) is 12.2. The zero-order valence-electron chi connectivity index (χ0n) is 12.2. The summed E-state index contributed by atoms with van der Waals surface area (Å²) in [6.45, 7) is 3.50. The molecule has 0 bridgehead atoms. The van der Waals surface area contributed by atoms with Gasteiger partial charge in [-0.05, 0) is 38.7 Å². The van der Waals surface area contributed by atoms with Crippen LogP contribution < -0.4 is 5.32 Å². The van der Waals surface area contributed by atoms with E-state index in [0.29, 0.717) is 0 Å². The van der Waals surface area contributed by atoms with Crippen LogP contribution in [0.5, 0.6) is 0 Å². The van der Waals surface area contributed by atoms with Gasteiger partial charge in [-0.1, -0.05) is 12.1 Å². The van der Waals surface area contributed by atoms with Gasteiger partial charge in [-0.15, -0.1) is 0 Å². The molecule has 1 aromatic carbocycles. The van der Waals surface area contributed by atoms with E-state index < -0.39 is 0 Å². The second-order valence-electron chi connectivity index (χ2n) is 5.19. The van der Waals surface area contributed by atoms with Gasteiger partial charge in [-0.3, -0.25) is 5.10 Å². The number of aromatic amines is 1. The fourth-order valence-electron chi connectivity index (χ4n) is 2.21. The highest BCUT2D eigenvalue weighted by molar-refractivity contribution is 5.21. The summed E-state index contributed by atoms with van der Waals surface area (Å²) in [7, 11) is 4.00. The summed E-state index contributed by atoms with van der Waals surface area (Å²) >= 11 is 0. The first-order chi connectivity index (χ1) is 9.58. The maximum absolute atomic E-state index is 13.3. The SMILES string of the molecule is Cc1[nH]ncc1CNC[C@H](c1cccc(F)c1)N(C)C. The van der Waals surface area contributed by atoms with Crippen molar-refractivity contribution in [2.24, 2.45) is 0 Å². The Morgan fingerprint density at radius 1 is 1.40 bits per heavy atom. The predicted molar refractivity (Wildman–Crippen MR) is 77.9 cm³/mol. The third-order valence-corrected chi connectivity index (χ3v) is 3.44. The highest BCUT2D eigenvalue weighted by atomic mass is 19.1. The Morgan fingerprint density at radius 2 is 2.20 bits per heavy atom. The Labute approximate surface area is 119 Å². The molecule has 0 aliphatic rings. The van der Waals surface area contributed by atoms with E-state index in [4.69, 9.17) is 0 Å². The van der Waals surface area contributed by atoms with Crippen LogP contribution in [-0.2, 0) is 6.54 Å². The Bertz CT molecular complexity index is 550. The molecule has 1 heterocycles. The molecule has 0 aliphatic heterocycles. The highest BCUT2D eigenvalue weighted by Crippen LogP contribution is 2.18. The van der Waals surface area contributed by atoms with E-state index in [1.165, 1.54) is 6.07 Å². The van der Waals surface area contributed by atoms with Crippen molar-refractivity contribution >= 4 is 0 Å². The maximum atomic E-state index is 13.3. The number of likely N-dealkylation sites (N-methyl/N-ethyl adjacent to an activating group) is 1. The average molecular weight is 276 g/mol. The van der Waals surface area contributed by atoms with Crippen LogP contribution in [-0.4, -0.2) is 35.7 Å². The van der Waals surface area contributed by atoms with E-state index in [1.54, 1.807) is 12.1 Å². The third-order valence-electron chi connectivity index (χ3n) is 3.44. The lowest BCUT2D eigenvalue weighted by atomic mass is 10.1. The molecule has 20 heavy (non-hydrogen) atoms. The van der Waals surface area contributed by atoms with Gasteiger partial charge in [0.25, 0.3) is 0 Å². The van der Waals surface area contributed by atoms with Crippen molar-refractivity contribution in [1.29, 1.82) is 0 Å². The summed E-state index contributed by atoms with van der Waals surface area (Å²) in [5.74, 6) is -0.194. The molecule has 108 valence electrons. The summed E-state index contributed by atoms with van der Waals surface area (Å²) in [4.78, 5) is 2.09. The highest BCUT2D eigenvalue weighted by Gasteiger charge is 2.14. The number of nitrogens with one attached hydrogen (secondary N) is 2. The maximum Gasteiger partial charge on any atom is 0.123 e. The monoisotopic (exact) mass is 276 g/mol. The largest absolute Gasteiger partial charge is 0.311 e. The van der Waals surface area contributed by atoms with Gasteiger partial charge in [-0.25, -0.2) is 4.39 Å². The van der Waals surface area contributed by atoms with Gasteiger partial charge >= 0.3 is 0 Å². The minimum atomic E-state index is -0.194. The molecule has 0 saturated carbocycles. The molecule has 0 unspecified atom stereocenters. The summed E-state index contributed by atoms with van der Waals surface area (Å²) < 4.78 is 13.3. The lowest BCUT2D eigenvalue weighted by molar-refractivity contribution is 0.287. The van der Waals surface area contributed by atoms with Crippen molar-refractivity contribution < 1.29 is 4.39 Å². The second kappa shape index (κ2) is 6.63. The number of rotatable bonds is 6. The van der Waals surface area contributed by atoms with Crippen molar-refractivity contribution in [2.45, 2.75) is 19.5 Å². The fraction of sp³-hybridized carbons (Fsp3) is 0.400. The summed E-state index contributed by atoms with van der Waals surface area (Å²) in [5.41, 5.74) is 3.21. The predicted octanol–water partition coefficient (Wildman–Crippen LogP) is 2.25. The number of H-pyrrole nitrogens is 1. The Balaban J connectivity index is 1.98. The van der Waals surface area contributed by atoms with E-state index in [9.17, 15) is 4.39 Å². The first-order valence-electron chi connectivity index (χ1n) is 6.69. The number of aromatic nitrogens is 2. The number of nitrogens with zero attached hydrogens (tertiary/aromatic N) is 2. The van der Waals surface area contributed by atoms with Crippen LogP contribution in [0.2, 0.25) is 0 Å². The minimum absolute atomic E-state index is 0.137. The Kier molecular flexibility index (Phi) is 4.87. The molecule has 5 heteroatoms. The quantitative estimate of drug-likeness (QED) is 0.850. The third kappa shape index (κ3) is 3.65. The molecule has 0 aliphatic carbocycles. The van der Waals surface area contributed by atoms with Gasteiger partial charge in [-0.2, -0.15) is 5.10 Å². The average Bonchev–Trinajstić information content (AvgIpc) is 2.80. The topological polar surface area (TPSA) is 44.0 Å². The van der Waals surface area contributed by atoms with E-state index in [-0.39, 0.29) is 11.9 Å². The molecule has 0 amide bonds. The Hall–Kier alpha value is -1.72. The van der Waals surface area contributed by atoms with Gasteiger partial charge in [0.15, 0.2) is 0 Å². The number of aryl methyl sites for hydroxylation is 1. The van der Waals surface area contributed by atoms with Gasteiger partial charge in [0.05, 0.1) is 6.20 Å². The Morgan fingerprint density at radius 3 is 2.80 bits per heavy atom. The first-order valence-corrected chi connectivity index (χ1v) is 6.69. The molecule has 4 nitrogen and oxygen atoms in total. The molecule has 0 radical (unpaired) electrons. The van der Waals surface area contributed by atoms with Crippen LogP contribution in [0.1, 0.15) is 22.9 Å². The number of hydrogen-bond acceptors (Lipinski definition) is 3. The van der Waals surface area contributed by atoms with Crippen LogP contribution in [0.25, 0.3) is 0 Å². The lowest BCUT2D eigenvalue weighted by Crippen LogP contribution is -2.31. The molecular formula is C15H21FN4.